The molecule has 0 aromatic heterocycles. The predicted octanol–water partition coefficient (Wildman–Crippen LogP) is 6.95. The Labute approximate surface area is 155 Å². The fourth-order valence-corrected chi connectivity index (χ4v) is 5.69. The maximum atomic E-state index is 3.07. The van der Waals surface area contributed by atoms with Gasteiger partial charge < -0.3 is 0 Å². The van der Waals surface area contributed by atoms with Crippen LogP contribution in [0.3, 0.4) is 0 Å². The highest BCUT2D eigenvalue weighted by atomic mass is 31.0. The van der Waals surface area contributed by atoms with Crippen molar-refractivity contribution in [2.24, 2.45) is 0 Å². The minimum absolute atomic E-state index is 0.765. The smallest absolute Gasteiger partial charge is 0.0146 e. The third-order valence-electron chi connectivity index (χ3n) is 6.43. The van der Waals surface area contributed by atoms with E-state index < -0.39 is 0 Å². The quantitative estimate of drug-likeness (QED) is 0.525. The molecular formula is C24H31P. The van der Waals surface area contributed by atoms with Crippen LogP contribution in [0.15, 0.2) is 42.5 Å². The third-order valence-corrected chi connectivity index (χ3v) is 6.94. The molecule has 0 N–H and O–H groups in total. The molecule has 1 atom stereocenters. The predicted molar refractivity (Wildman–Crippen MR) is 113 cm³/mol. The van der Waals surface area contributed by atoms with Crippen LogP contribution in [0.25, 0.3) is 11.1 Å². The van der Waals surface area contributed by atoms with Gasteiger partial charge in [-0.2, -0.15) is 0 Å². The number of benzene rings is 2. The molecule has 0 nitrogen and oxygen atoms in total. The molecule has 1 heteroatoms. The van der Waals surface area contributed by atoms with E-state index in [0.29, 0.717) is 0 Å². The van der Waals surface area contributed by atoms with Gasteiger partial charge in [-0.25, -0.2) is 0 Å². The maximum absolute atomic E-state index is 3.07. The molecule has 132 valence electrons. The van der Waals surface area contributed by atoms with E-state index in [0.717, 1.165) is 11.8 Å². The molecule has 0 saturated heterocycles. The van der Waals surface area contributed by atoms with Gasteiger partial charge in [-0.1, -0.05) is 81.0 Å². The summed E-state index contributed by atoms with van der Waals surface area (Å²) < 4.78 is 0. The number of hydrogen-bond acceptors (Lipinski definition) is 0. The van der Waals surface area contributed by atoms with Gasteiger partial charge in [0, 0.05) is 0 Å². The van der Waals surface area contributed by atoms with Crippen LogP contribution in [-0.4, -0.2) is 0 Å². The normalized spacial score (nSPS) is 19.9. The average molecular weight is 350 g/mol. The first kappa shape index (κ1) is 17.3. The van der Waals surface area contributed by atoms with Gasteiger partial charge in [0.15, 0.2) is 0 Å². The van der Waals surface area contributed by atoms with Crippen LogP contribution in [-0.2, 0) is 0 Å². The first-order valence-corrected chi connectivity index (χ1v) is 10.9. The van der Waals surface area contributed by atoms with Crippen molar-refractivity contribution < 1.29 is 0 Å². The van der Waals surface area contributed by atoms with E-state index in [9.17, 15) is 0 Å². The monoisotopic (exact) mass is 350 g/mol. The highest BCUT2D eigenvalue weighted by Gasteiger charge is 2.28. The Bertz CT molecular complexity index is 692. The van der Waals surface area contributed by atoms with Crippen LogP contribution < -0.4 is 5.30 Å². The summed E-state index contributed by atoms with van der Waals surface area (Å²) in [6, 6.07) is 15.9. The maximum Gasteiger partial charge on any atom is -0.0146 e. The lowest BCUT2D eigenvalue weighted by molar-refractivity contribution is 0.420. The lowest BCUT2D eigenvalue weighted by Gasteiger charge is -2.33. The van der Waals surface area contributed by atoms with Gasteiger partial charge in [-0.05, 0) is 65.1 Å². The Morgan fingerprint density at radius 1 is 0.600 bits per heavy atom. The fourth-order valence-electron chi connectivity index (χ4n) is 5.20. The molecule has 0 heterocycles. The molecule has 2 fully saturated rings. The third kappa shape index (κ3) is 3.70. The minimum atomic E-state index is 0.765. The minimum Gasteiger partial charge on any atom is -0.105 e. The fraction of sp³-hybridized carbons (Fsp3) is 0.500. The molecule has 1 unspecified atom stereocenters. The topological polar surface area (TPSA) is 0 Å². The zero-order valence-corrected chi connectivity index (χ0v) is 16.5. The molecule has 4 rings (SSSR count). The van der Waals surface area contributed by atoms with E-state index in [4.69, 9.17) is 0 Å². The van der Waals surface area contributed by atoms with Gasteiger partial charge in [-0.3, -0.25) is 0 Å². The largest absolute Gasteiger partial charge is 0.105 e. The number of hydrogen-bond donors (Lipinski definition) is 0. The second kappa shape index (κ2) is 8.05. The van der Waals surface area contributed by atoms with E-state index >= 15 is 0 Å². The molecule has 0 radical (unpaired) electrons. The Balaban J connectivity index is 1.86. The van der Waals surface area contributed by atoms with Crippen molar-refractivity contribution in [2.75, 3.05) is 0 Å². The van der Waals surface area contributed by atoms with Crippen LogP contribution >= 0.6 is 9.24 Å². The first-order chi connectivity index (χ1) is 12.3. The molecular weight excluding hydrogens is 319 g/mol. The van der Waals surface area contributed by atoms with Crippen LogP contribution in [0.4, 0.5) is 0 Å². The first-order valence-electron chi connectivity index (χ1n) is 10.3. The van der Waals surface area contributed by atoms with E-state index in [1.807, 2.05) is 0 Å². The Hall–Kier alpha value is -1.13. The summed E-state index contributed by atoms with van der Waals surface area (Å²) >= 11 is 0. The van der Waals surface area contributed by atoms with Gasteiger partial charge in [0.25, 0.3) is 0 Å². The van der Waals surface area contributed by atoms with Gasteiger partial charge in [0.1, 0.15) is 0 Å². The Morgan fingerprint density at radius 3 is 1.76 bits per heavy atom. The molecule has 2 aromatic rings. The zero-order valence-electron chi connectivity index (χ0n) is 15.3. The summed E-state index contributed by atoms with van der Waals surface area (Å²) in [7, 11) is 3.07. The molecule has 25 heavy (non-hydrogen) atoms. The molecule has 2 saturated carbocycles. The summed E-state index contributed by atoms with van der Waals surface area (Å²) in [4.78, 5) is 0. The van der Waals surface area contributed by atoms with Crippen LogP contribution in [0.5, 0.6) is 0 Å². The van der Waals surface area contributed by atoms with Crippen molar-refractivity contribution >= 4 is 14.5 Å². The van der Waals surface area contributed by atoms with Gasteiger partial charge >= 0.3 is 0 Å². The number of rotatable bonds is 3. The van der Waals surface area contributed by atoms with Crippen LogP contribution in [0, 0.1) is 0 Å². The van der Waals surface area contributed by atoms with Crippen LogP contribution in [0.2, 0.25) is 0 Å². The van der Waals surface area contributed by atoms with Crippen molar-refractivity contribution in [1.29, 1.82) is 0 Å². The zero-order chi connectivity index (χ0) is 17.1. The molecule has 0 aliphatic heterocycles. The molecule has 2 aliphatic carbocycles. The standard InChI is InChI=1S/C24H31P/c25-22-17-16-21(18-10-4-1-5-11-18)23(19-12-6-2-7-13-19)24(22)20-14-8-3-9-15-20/h1,4-5,10-11,16-17,19-20H,2-3,6-9,12-15,25H2. The summed E-state index contributed by atoms with van der Waals surface area (Å²) in [5.41, 5.74) is 6.34. The van der Waals surface area contributed by atoms with Gasteiger partial charge in [-0.15, -0.1) is 9.24 Å². The second-order valence-electron chi connectivity index (χ2n) is 8.07. The molecule has 2 aromatic carbocycles. The molecule has 0 spiro atoms. The average Bonchev–Trinajstić information content (AvgIpc) is 2.70. The van der Waals surface area contributed by atoms with Crippen molar-refractivity contribution in [1.82, 2.24) is 0 Å². The summed E-state index contributed by atoms with van der Waals surface area (Å²) in [6.45, 7) is 0. The summed E-state index contributed by atoms with van der Waals surface area (Å²) in [6.07, 6.45) is 14.0. The molecule has 0 amide bonds. The summed E-state index contributed by atoms with van der Waals surface area (Å²) in [5.74, 6) is 1.54. The second-order valence-corrected chi connectivity index (χ2v) is 8.69. The molecule has 2 aliphatic rings. The van der Waals surface area contributed by atoms with Gasteiger partial charge in [0.2, 0.25) is 0 Å². The Kier molecular flexibility index (Phi) is 5.57. The lowest BCUT2D eigenvalue weighted by atomic mass is 9.73. The SMILES string of the molecule is Pc1ccc(-c2ccccc2)c(C2CCCCC2)c1C1CCCCC1. The highest BCUT2D eigenvalue weighted by molar-refractivity contribution is 7.27. The van der Waals surface area contributed by atoms with Crippen molar-refractivity contribution in [3.8, 4) is 11.1 Å². The summed E-state index contributed by atoms with van der Waals surface area (Å²) in [5, 5.41) is 1.46. The van der Waals surface area contributed by atoms with Crippen LogP contribution in [0.1, 0.15) is 87.2 Å². The van der Waals surface area contributed by atoms with E-state index in [-0.39, 0.29) is 0 Å². The van der Waals surface area contributed by atoms with E-state index in [1.165, 1.54) is 80.6 Å². The lowest BCUT2D eigenvalue weighted by Crippen LogP contribution is -2.19. The van der Waals surface area contributed by atoms with E-state index in [2.05, 4.69) is 51.7 Å². The van der Waals surface area contributed by atoms with Crippen molar-refractivity contribution in [3.05, 3.63) is 53.6 Å². The van der Waals surface area contributed by atoms with Crippen molar-refractivity contribution in [3.63, 3.8) is 0 Å². The van der Waals surface area contributed by atoms with Gasteiger partial charge in [0.05, 0.1) is 0 Å². The Morgan fingerprint density at radius 2 is 1.16 bits per heavy atom. The highest BCUT2D eigenvalue weighted by Crippen LogP contribution is 2.44. The van der Waals surface area contributed by atoms with Crippen molar-refractivity contribution in [2.45, 2.75) is 76.0 Å². The van der Waals surface area contributed by atoms with E-state index in [1.54, 1.807) is 11.1 Å². The molecule has 0 bridgehead atoms.